The van der Waals surface area contributed by atoms with E-state index in [1.54, 1.807) is 12.1 Å². The van der Waals surface area contributed by atoms with Crippen molar-refractivity contribution >= 4 is 5.97 Å². The molecule has 0 aliphatic rings. The summed E-state index contributed by atoms with van der Waals surface area (Å²) in [4.78, 5) is 11.5. The summed E-state index contributed by atoms with van der Waals surface area (Å²) in [7, 11) is 0. The van der Waals surface area contributed by atoms with Gasteiger partial charge in [-0.1, -0.05) is 60.8 Å². The Morgan fingerprint density at radius 1 is 0.786 bits per heavy atom. The minimum Gasteiger partial charge on any atom is -0.489 e. The van der Waals surface area contributed by atoms with E-state index in [1.807, 2.05) is 0 Å². The minimum absolute atomic E-state index is 0.381. The van der Waals surface area contributed by atoms with Gasteiger partial charge >= 0.3 is 5.97 Å². The summed E-state index contributed by atoms with van der Waals surface area (Å²) in [5.41, 5.74) is 0. The molecular weight excluding hydrogens is 356 g/mol. The van der Waals surface area contributed by atoms with Gasteiger partial charge in [0.05, 0.1) is 19.8 Å². The Morgan fingerprint density at radius 3 is 1.54 bits per heavy atom. The third kappa shape index (κ3) is 8.41. The van der Waals surface area contributed by atoms with Crippen LogP contribution in [-0.4, -0.2) is 25.8 Å². The molecule has 0 bridgehead atoms. The fourth-order valence-electron chi connectivity index (χ4n) is 2.18. The molecule has 0 aromatic heterocycles. The zero-order valence-corrected chi connectivity index (χ0v) is 18.7. The van der Waals surface area contributed by atoms with Gasteiger partial charge in [0.25, 0.3) is 0 Å². The first-order valence-corrected chi connectivity index (χ1v) is 10.5. The first kappa shape index (κ1) is 24.1. The molecule has 0 fully saturated rings. The van der Waals surface area contributed by atoms with Gasteiger partial charge in [-0.15, -0.1) is 0 Å². The van der Waals surface area contributed by atoms with E-state index >= 15 is 0 Å². The largest absolute Gasteiger partial charge is 0.489 e. The Kier molecular flexibility index (Phi) is 10.8. The first-order valence-electron chi connectivity index (χ1n) is 10.5. The van der Waals surface area contributed by atoms with E-state index < -0.39 is 0 Å². The van der Waals surface area contributed by atoms with Crippen LogP contribution in [0.15, 0.2) is 12.1 Å². The van der Waals surface area contributed by atoms with E-state index in [0.29, 0.717) is 60.6 Å². The number of esters is 1. The molecule has 160 valence electrons. The van der Waals surface area contributed by atoms with Crippen LogP contribution in [0.4, 0.5) is 0 Å². The highest BCUT2D eigenvalue weighted by Crippen LogP contribution is 2.42. The number of rotatable bonds is 13. The summed E-state index contributed by atoms with van der Waals surface area (Å²) in [6.07, 6.45) is 3.06. The second-order valence-electron chi connectivity index (χ2n) is 7.82. The van der Waals surface area contributed by atoms with Crippen LogP contribution >= 0.6 is 0 Å². The van der Waals surface area contributed by atoms with Crippen LogP contribution in [0.3, 0.4) is 0 Å². The van der Waals surface area contributed by atoms with Crippen molar-refractivity contribution in [3.05, 3.63) is 12.1 Å². The van der Waals surface area contributed by atoms with Crippen LogP contribution in [0.2, 0.25) is 0 Å². The molecule has 5 nitrogen and oxygen atoms in total. The van der Waals surface area contributed by atoms with Crippen molar-refractivity contribution in [2.75, 3.05) is 19.8 Å². The summed E-state index contributed by atoms with van der Waals surface area (Å²) in [5, 5.41) is 0. The molecule has 28 heavy (non-hydrogen) atoms. The Balaban J connectivity index is 3.23. The highest BCUT2D eigenvalue weighted by Gasteiger charge is 2.19. The van der Waals surface area contributed by atoms with E-state index in [4.69, 9.17) is 18.9 Å². The van der Waals surface area contributed by atoms with E-state index in [9.17, 15) is 4.79 Å². The SMILES string of the molecule is CCC(C)COc1cc(OC(C)=O)cc(OCC(C)CC)c1OCC(C)CC. The van der Waals surface area contributed by atoms with Gasteiger partial charge in [0.1, 0.15) is 5.75 Å². The standard InChI is InChI=1S/C23H38O5/c1-8-16(4)13-25-21-11-20(28-19(7)24)12-22(26-14-17(5)9-2)23(21)27-15-18(6)10-3/h11-12,16-18H,8-10,13-15H2,1-7H3. The maximum atomic E-state index is 11.5. The average Bonchev–Trinajstić information content (AvgIpc) is 2.68. The van der Waals surface area contributed by atoms with E-state index in [-0.39, 0.29) is 5.97 Å². The molecule has 1 aromatic carbocycles. The molecule has 0 saturated carbocycles. The molecule has 1 rings (SSSR count). The van der Waals surface area contributed by atoms with Crippen molar-refractivity contribution in [2.45, 2.75) is 67.7 Å². The number of carbonyl (C=O) groups is 1. The number of carbonyl (C=O) groups excluding carboxylic acids is 1. The number of hydrogen-bond donors (Lipinski definition) is 0. The van der Waals surface area contributed by atoms with Crippen molar-refractivity contribution < 1.29 is 23.7 Å². The fraction of sp³-hybridized carbons (Fsp3) is 0.696. The Morgan fingerprint density at radius 2 is 1.18 bits per heavy atom. The molecule has 0 spiro atoms. The quantitative estimate of drug-likeness (QED) is 0.308. The molecule has 0 radical (unpaired) electrons. The van der Waals surface area contributed by atoms with Gasteiger partial charge in [-0.05, 0) is 17.8 Å². The Labute approximate surface area is 170 Å². The minimum atomic E-state index is -0.381. The maximum absolute atomic E-state index is 11.5. The van der Waals surface area contributed by atoms with Crippen LogP contribution < -0.4 is 18.9 Å². The van der Waals surface area contributed by atoms with Gasteiger partial charge < -0.3 is 18.9 Å². The Bertz CT molecular complexity index is 564. The van der Waals surface area contributed by atoms with Gasteiger partial charge in [0.2, 0.25) is 5.75 Å². The lowest BCUT2D eigenvalue weighted by Gasteiger charge is -2.21. The van der Waals surface area contributed by atoms with Crippen LogP contribution in [0.5, 0.6) is 23.0 Å². The maximum Gasteiger partial charge on any atom is 0.308 e. The summed E-state index contributed by atoms with van der Waals surface area (Å²) >= 11 is 0. The third-order valence-electron chi connectivity index (χ3n) is 4.91. The van der Waals surface area contributed by atoms with Gasteiger partial charge in [-0.2, -0.15) is 0 Å². The molecule has 0 N–H and O–H groups in total. The molecule has 3 unspecified atom stereocenters. The van der Waals surface area contributed by atoms with Gasteiger partial charge in [-0.3, -0.25) is 4.79 Å². The van der Waals surface area contributed by atoms with Crippen LogP contribution in [-0.2, 0) is 4.79 Å². The van der Waals surface area contributed by atoms with Gasteiger partial charge in [-0.25, -0.2) is 0 Å². The molecule has 5 heteroatoms. The summed E-state index contributed by atoms with van der Waals surface area (Å²) in [6.45, 7) is 15.9. The second-order valence-corrected chi connectivity index (χ2v) is 7.82. The highest BCUT2D eigenvalue weighted by molar-refractivity contribution is 5.70. The van der Waals surface area contributed by atoms with Crippen LogP contribution in [0, 0.1) is 17.8 Å². The molecule has 0 aliphatic heterocycles. The predicted molar refractivity (Wildman–Crippen MR) is 113 cm³/mol. The number of benzene rings is 1. The van der Waals surface area contributed by atoms with Crippen molar-refractivity contribution in [1.29, 1.82) is 0 Å². The molecule has 0 saturated heterocycles. The average molecular weight is 395 g/mol. The smallest absolute Gasteiger partial charge is 0.308 e. The lowest BCUT2D eigenvalue weighted by molar-refractivity contribution is -0.131. The molecule has 3 atom stereocenters. The van der Waals surface area contributed by atoms with Crippen LogP contribution in [0.1, 0.15) is 67.7 Å². The zero-order chi connectivity index (χ0) is 21.1. The lowest BCUT2D eigenvalue weighted by atomic mass is 10.1. The summed E-state index contributed by atoms with van der Waals surface area (Å²) in [5.74, 6) is 2.95. The molecule has 1 aromatic rings. The van der Waals surface area contributed by atoms with E-state index in [2.05, 4.69) is 41.5 Å². The molecule has 0 aliphatic carbocycles. The second kappa shape index (κ2) is 12.5. The summed E-state index contributed by atoms with van der Waals surface area (Å²) in [6, 6.07) is 3.43. The molecular formula is C23H38O5. The Hall–Kier alpha value is -1.91. The molecule has 0 amide bonds. The van der Waals surface area contributed by atoms with Crippen molar-refractivity contribution in [1.82, 2.24) is 0 Å². The topological polar surface area (TPSA) is 54.0 Å². The summed E-state index contributed by atoms with van der Waals surface area (Å²) < 4.78 is 23.5. The normalized spacial score (nSPS) is 14.1. The number of ether oxygens (including phenoxy) is 4. The van der Waals surface area contributed by atoms with Gasteiger partial charge in [0, 0.05) is 19.1 Å². The van der Waals surface area contributed by atoms with Crippen LogP contribution in [0.25, 0.3) is 0 Å². The van der Waals surface area contributed by atoms with Crippen molar-refractivity contribution in [3.63, 3.8) is 0 Å². The van der Waals surface area contributed by atoms with E-state index in [0.717, 1.165) is 19.3 Å². The predicted octanol–water partition coefficient (Wildman–Crippen LogP) is 5.89. The van der Waals surface area contributed by atoms with Gasteiger partial charge in [0.15, 0.2) is 11.5 Å². The highest BCUT2D eigenvalue weighted by atomic mass is 16.6. The lowest BCUT2D eigenvalue weighted by Crippen LogP contribution is -2.14. The van der Waals surface area contributed by atoms with Crippen molar-refractivity contribution in [2.24, 2.45) is 17.8 Å². The third-order valence-corrected chi connectivity index (χ3v) is 4.91. The fourth-order valence-corrected chi connectivity index (χ4v) is 2.18. The van der Waals surface area contributed by atoms with Crippen molar-refractivity contribution in [3.8, 4) is 23.0 Å². The van der Waals surface area contributed by atoms with E-state index in [1.165, 1.54) is 6.92 Å². The first-order chi connectivity index (χ1) is 13.3. The number of hydrogen-bond acceptors (Lipinski definition) is 5. The molecule has 0 heterocycles. The zero-order valence-electron chi connectivity index (χ0n) is 18.7. The monoisotopic (exact) mass is 394 g/mol.